The van der Waals surface area contributed by atoms with Gasteiger partial charge in [0.25, 0.3) is 5.91 Å². The van der Waals surface area contributed by atoms with Crippen LogP contribution in [0.5, 0.6) is 0 Å². The standard InChI is InChI=1S/C12H10N4O/c13-7-10-8-15-16(12(10)14)11(17)6-9-4-2-1-3-5-9/h1-5,8H,6,14H2. The predicted octanol–water partition coefficient (Wildman–Crippen LogP) is 1.22. The van der Waals surface area contributed by atoms with E-state index >= 15 is 0 Å². The summed E-state index contributed by atoms with van der Waals surface area (Å²) in [6, 6.07) is 11.2. The van der Waals surface area contributed by atoms with Crippen LogP contribution in [-0.2, 0) is 6.42 Å². The number of carbonyl (C=O) groups excluding carboxylic acids is 1. The van der Waals surface area contributed by atoms with Crippen LogP contribution in [0.25, 0.3) is 0 Å². The molecule has 2 N–H and O–H groups in total. The average molecular weight is 226 g/mol. The normalized spacial score (nSPS) is 9.82. The molecule has 0 amide bonds. The summed E-state index contributed by atoms with van der Waals surface area (Å²) in [5.41, 5.74) is 6.72. The highest BCUT2D eigenvalue weighted by Gasteiger charge is 2.13. The van der Waals surface area contributed by atoms with Crippen LogP contribution in [-0.4, -0.2) is 15.7 Å². The molecule has 1 heterocycles. The largest absolute Gasteiger partial charge is 0.382 e. The molecule has 5 nitrogen and oxygen atoms in total. The molecule has 0 saturated carbocycles. The van der Waals surface area contributed by atoms with Crippen LogP contribution in [0.2, 0.25) is 0 Å². The molecular formula is C12H10N4O. The number of anilines is 1. The molecular weight excluding hydrogens is 216 g/mol. The van der Waals surface area contributed by atoms with Crippen molar-refractivity contribution in [1.82, 2.24) is 9.78 Å². The molecule has 2 aromatic rings. The quantitative estimate of drug-likeness (QED) is 0.834. The molecule has 0 radical (unpaired) electrons. The van der Waals surface area contributed by atoms with Crippen molar-refractivity contribution >= 4 is 11.7 Å². The van der Waals surface area contributed by atoms with Crippen molar-refractivity contribution < 1.29 is 4.79 Å². The van der Waals surface area contributed by atoms with E-state index in [4.69, 9.17) is 11.0 Å². The molecule has 5 heteroatoms. The summed E-state index contributed by atoms with van der Waals surface area (Å²) < 4.78 is 1.06. The summed E-state index contributed by atoms with van der Waals surface area (Å²) in [6.45, 7) is 0. The summed E-state index contributed by atoms with van der Waals surface area (Å²) in [5.74, 6) is -0.163. The Morgan fingerprint density at radius 1 is 1.41 bits per heavy atom. The highest BCUT2D eigenvalue weighted by molar-refractivity contribution is 5.84. The van der Waals surface area contributed by atoms with Gasteiger partial charge >= 0.3 is 0 Å². The van der Waals surface area contributed by atoms with E-state index in [1.807, 2.05) is 36.4 Å². The maximum Gasteiger partial charge on any atom is 0.253 e. The van der Waals surface area contributed by atoms with Crippen LogP contribution in [0, 0.1) is 11.3 Å². The molecule has 0 aliphatic carbocycles. The van der Waals surface area contributed by atoms with Crippen LogP contribution in [0.1, 0.15) is 15.9 Å². The predicted molar refractivity (Wildman–Crippen MR) is 62.1 cm³/mol. The Morgan fingerprint density at radius 3 is 2.71 bits per heavy atom. The molecule has 0 spiro atoms. The minimum absolute atomic E-state index is 0.0911. The van der Waals surface area contributed by atoms with Gasteiger partial charge in [-0.15, -0.1) is 0 Å². The molecule has 0 saturated heterocycles. The van der Waals surface area contributed by atoms with Gasteiger partial charge in [0.05, 0.1) is 12.6 Å². The van der Waals surface area contributed by atoms with E-state index in [1.54, 1.807) is 0 Å². The Kier molecular flexibility index (Phi) is 2.88. The Bertz CT molecular complexity index is 580. The van der Waals surface area contributed by atoms with Gasteiger partial charge in [-0.3, -0.25) is 4.79 Å². The van der Waals surface area contributed by atoms with Gasteiger partial charge in [0.2, 0.25) is 0 Å². The first kappa shape index (κ1) is 10.9. The second-order valence-corrected chi connectivity index (χ2v) is 3.52. The minimum atomic E-state index is -0.254. The second kappa shape index (κ2) is 4.49. The van der Waals surface area contributed by atoms with Crippen LogP contribution < -0.4 is 5.73 Å². The number of carbonyl (C=O) groups is 1. The number of hydrogen-bond donors (Lipinski definition) is 1. The molecule has 0 bridgehead atoms. The SMILES string of the molecule is N#Cc1cnn(C(=O)Cc2ccccc2)c1N. The van der Waals surface area contributed by atoms with Crippen molar-refractivity contribution in [2.45, 2.75) is 6.42 Å². The Morgan fingerprint density at radius 2 is 2.12 bits per heavy atom. The maximum atomic E-state index is 11.9. The van der Waals surface area contributed by atoms with Crippen molar-refractivity contribution in [2.24, 2.45) is 0 Å². The maximum absolute atomic E-state index is 11.9. The molecule has 84 valence electrons. The first-order chi connectivity index (χ1) is 8.22. The Hall–Kier alpha value is -2.61. The lowest BCUT2D eigenvalue weighted by Gasteiger charge is -2.02. The first-order valence-electron chi connectivity index (χ1n) is 5.03. The molecule has 0 fully saturated rings. The molecule has 1 aromatic heterocycles. The second-order valence-electron chi connectivity index (χ2n) is 3.52. The van der Waals surface area contributed by atoms with E-state index in [9.17, 15) is 4.79 Å². The third kappa shape index (κ3) is 2.16. The van der Waals surface area contributed by atoms with E-state index in [2.05, 4.69) is 5.10 Å². The van der Waals surface area contributed by atoms with Gasteiger partial charge < -0.3 is 5.73 Å². The van der Waals surface area contributed by atoms with Gasteiger partial charge in [-0.2, -0.15) is 15.0 Å². The fraction of sp³-hybridized carbons (Fsp3) is 0.0833. The Balaban J connectivity index is 2.21. The zero-order valence-electron chi connectivity index (χ0n) is 9.00. The zero-order valence-corrected chi connectivity index (χ0v) is 9.00. The lowest BCUT2D eigenvalue weighted by atomic mass is 10.1. The molecule has 2 rings (SSSR count). The topological polar surface area (TPSA) is 84.7 Å². The number of rotatable bonds is 2. The number of nitrogens with two attached hydrogens (primary N) is 1. The van der Waals surface area contributed by atoms with Gasteiger partial charge in [-0.25, -0.2) is 0 Å². The summed E-state index contributed by atoms with van der Waals surface area (Å²) in [5, 5.41) is 12.5. The summed E-state index contributed by atoms with van der Waals surface area (Å²) in [6.07, 6.45) is 1.50. The van der Waals surface area contributed by atoms with E-state index in [0.29, 0.717) is 0 Å². The fourth-order valence-corrected chi connectivity index (χ4v) is 1.49. The number of nitrogen functional groups attached to an aromatic ring is 1. The van der Waals surface area contributed by atoms with Crippen molar-refractivity contribution in [3.8, 4) is 6.07 Å². The van der Waals surface area contributed by atoms with Crippen molar-refractivity contribution in [3.63, 3.8) is 0 Å². The van der Waals surface area contributed by atoms with Gasteiger partial charge in [0.15, 0.2) is 0 Å². The molecule has 17 heavy (non-hydrogen) atoms. The minimum Gasteiger partial charge on any atom is -0.382 e. The highest BCUT2D eigenvalue weighted by atomic mass is 16.2. The van der Waals surface area contributed by atoms with E-state index < -0.39 is 0 Å². The third-order valence-corrected chi connectivity index (χ3v) is 2.36. The molecule has 0 atom stereocenters. The average Bonchev–Trinajstić information content (AvgIpc) is 2.71. The van der Waals surface area contributed by atoms with Crippen LogP contribution in [0.3, 0.4) is 0 Å². The van der Waals surface area contributed by atoms with Crippen LogP contribution >= 0.6 is 0 Å². The summed E-state index contributed by atoms with van der Waals surface area (Å²) >= 11 is 0. The van der Waals surface area contributed by atoms with E-state index in [0.717, 1.165) is 10.2 Å². The number of nitrogens with zero attached hydrogens (tertiary/aromatic N) is 3. The van der Waals surface area contributed by atoms with Gasteiger partial charge in [0, 0.05) is 0 Å². The number of hydrogen-bond acceptors (Lipinski definition) is 4. The smallest absolute Gasteiger partial charge is 0.253 e. The molecule has 1 aromatic carbocycles. The molecule has 0 aliphatic heterocycles. The van der Waals surface area contributed by atoms with Gasteiger partial charge in [-0.05, 0) is 5.56 Å². The number of nitriles is 1. The van der Waals surface area contributed by atoms with Gasteiger partial charge in [0.1, 0.15) is 17.5 Å². The van der Waals surface area contributed by atoms with E-state index in [-0.39, 0.29) is 23.7 Å². The number of benzene rings is 1. The summed E-state index contributed by atoms with van der Waals surface area (Å²) in [4.78, 5) is 11.9. The summed E-state index contributed by atoms with van der Waals surface area (Å²) in [7, 11) is 0. The molecule has 0 aliphatic rings. The monoisotopic (exact) mass is 226 g/mol. The fourth-order valence-electron chi connectivity index (χ4n) is 1.49. The van der Waals surface area contributed by atoms with Crippen molar-refractivity contribution in [3.05, 3.63) is 47.7 Å². The number of aromatic nitrogens is 2. The first-order valence-corrected chi connectivity index (χ1v) is 5.03. The van der Waals surface area contributed by atoms with Crippen LogP contribution in [0.4, 0.5) is 5.82 Å². The highest BCUT2D eigenvalue weighted by Crippen LogP contribution is 2.10. The van der Waals surface area contributed by atoms with E-state index in [1.165, 1.54) is 6.20 Å². The van der Waals surface area contributed by atoms with Gasteiger partial charge in [-0.1, -0.05) is 30.3 Å². The Labute approximate surface area is 98.1 Å². The zero-order chi connectivity index (χ0) is 12.3. The third-order valence-electron chi connectivity index (χ3n) is 2.36. The van der Waals surface area contributed by atoms with Crippen molar-refractivity contribution in [2.75, 3.05) is 5.73 Å². The molecule has 0 unspecified atom stereocenters. The lowest BCUT2D eigenvalue weighted by molar-refractivity contribution is 0.0901. The van der Waals surface area contributed by atoms with Crippen LogP contribution in [0.15, 0.2) is 36.5 Å². The van der Waals surface area contributed by atoms with Crippen molar-refractivity contribution in [1.29, 1.82) is 5.26 Å². The lowest BCUT2D eigenvalue weighted by Crippen LogP contribution is -2.17.